The van der Waals surface area contributed by atoms with Gasteiger partial charge in [0, 0.05) is 30.0 Å². The van der Waals surface area contributed by atoms with Gasteiger partial charge in [0.15, 0.2) is 0 Å². The maximum absolute atomic E-state index is 12.0. The number of nitrogens with two attached hydrogens (primary N) is 1. The summed E-state index contributed by atoms with van der Waals surface area (Å²) in [5.41, 5.74) is 9.43. The van der Waals surface area contributed by atoms with E-state index in [1.165, 1.54) is 5.56 Å². The summed E-state index contributed by atoms with van der Waals surface area (Å²) in [6.07, 6.45) is 4.72. The highest BCUT2D eigenvalue weighted by Crippen LogP contribution is 2.26. The summed E-state index contributed by atoms with van der Waals surface area (Å²) in [6.45, 7) is 2.69. The van der Waals surface area contributed by atoms with Crippen molar-refractivity contribution in [2.75, 3.05) is 6.54 Å². The van der Waals surface area contributed by atoms with Gasteiger partial charge in [-0.1, -0.05) is 30.7 Å². The molecule has 128 valence electrons. The van der Waals surface area contributed by atoms with Gasteiger partial charge in [-0.05, 0) is 37.7 Å². The van der Waals surface area contributed by atoms with E-state index in [1.54, 1.807) is 11.3 Å². The summed E-state index contributed by atoms with van der Waals surface area (Å²) < 4.78 is 0. The van der Waals surface area contributed by atoms with Crippen molar-refractivity contribution in [2.45, 2.75) is 45.1 Å². The Labute approximate surface area is 147 Å². The van der Waals surface area contributed by atoms with Crippen LogP contribution in [0.2, 0.25) is 0 Å². The lowest BCUT2D eigenvalue weighted by Gasteiger charge is -2.14. The zero-order valence-corrected chi connectivity index (χ0v) is 14.9. The number of aromatic nitrogens is 1. The molecule has 2 atom stereocenters. The van der Waals surface area contributed by atoms with Gasteiger partial charge in [-0.15, -0.1) is 11.3 Å². The minimum atomic E-state index is 0.131. The van der Waals surface area contributed by atoms with Crippen molar-refractivity contribution in [1.82, 2.24) is 10.3 Å². The van der Waals surface area contributed by atoms with Crippen molar-refractivity contribution in [3.63, 3.8) is 0 Å². The first-order valence-corrected chi connectivity index (χ1v) is 9.53. The Kier molecular flexibility index (Phi) is 5.63. The van der Waals surface area contributed by atoms with Crippen LogP contribution in [0.1, 0.15) is 36.3 Å². The number of amides is 1. The molecule has 1 amide bonds. The zero-order valence-electron chi connectivity index (χ0n) is 14.1. The highest BCUT2D eigenvalue weighted by molar-refractivity contribution is 7.09. The Morgan fingerprint density at radius 2 is 2.12 bits per heavy atom. The Bertz CT molecular complexity index is 680. The van der Waals surface area contributed by atoms with E-state index in [4.69, 9.17) is 5.73 Å². The smallest absolute Gasteiger partial charge is 0.220 e. The molecule has 5 heteroatoms. The second-order valence-corrected chi connectivity index (χ2v) is 7.67. The number of carbonyl (C=O) groups is 1. The van der Waals surface area contributed by atoms with Crippen LogP contribution in [0.3, 0.4) is 0 Å². The molecule has 3 rings (SSSR count). The zero-order chi connectivity index (χ0) is 16.9. The van der Waals surface area contributed by atoms with Gasteiger partial charge in [0.2, 0.25) is 5.91 Å². The SMILES string of the molecule is Cc1nc(-c2ccc(CCNC(=O)C[C@@H]3CCC[C@H]3N)cc2)cs1. The number of nitrogens with one attached hydrogen (secondary N) is 1. The summed E-state index contributed by atoms with van der Waals surface area (Å²) in [6, 6.07) is 8.64. The lowest BCUT2D eigenvalue weighted by molar-refractivity contribution is -0.122. The number of thiazole rings is 1. The molecule has 0 saturated heterocycles. The van der Waals surface area contributed by atoms with E-state index in [0.29, 0.717) is 18.9 Å². The minimum absolute atomic E-state index is 0.131. The number of hydrogen-bond donors (Lipinski definition) is 2. The monoisotopic (exact) mass is 343 g/mol. The molecule has 3 N–H and O–H groups in total. The molecule has 0 bridgehead atoms. The molecule has 0 unspecified atom stereocenters. The molecule has 1 aliphatic rings. The molecule has 1 aromatic heterocycles. The van der Waals surface area contributed by atoms with Gasteiger partial charge in [0.1, 0.15) is 0 Å². The Hall–Kier alpha value is -1.72. The van der Waals surface area contributed by atoms with Gasteiger partial charge in [0.05, 0.1) is 10.7 Å². The van der Waals surface area contributed by atoms with E-state index in [2.05, 4.69) is 39.9 Å². The van der Waals surface area contributed by atoms with Crippen LogP contribution in [0.25, 0.3) is 11.3 Å². The highest BCUT2D eigenvalue weighted by Gasteiger charge is 2.25. The van der Waals surface area contributed by atoms with Crippen LogP contribution in [0, 0.1) is 12.8 Å². The van der Waals surface area contributed by atoms with E-state index in [1.807, 2.05) is 6.92 Å². The van der Waals surface area contributed by atoms with Crippen molar-refractivity contribution in [3.8, 4) is 11.3 Å². The van der Waals surface area contributed by atoms with E-state index in [0.717, 1.165) is 41.9 Å². The van der Waals surface area contributed by atoms with E-state index >= 15 is 0 Å². The number of rotatable bonds is 6. The molecule has 1 aliphatic carbocycles. The summed E-state index contributed by atoms with van der Waals surface area (Å²) in [5.74, 6) is 0.498. The van der Waals surface area contributed by atoms with Crippen LogP contribution in [0.5, 0.6) is 0 Å². The molecule has 1 saturated carbocycles. The third-order valence-electron chi connectivity index (χ3n) is 4.77. The molecule has 24 heavy (non-hydrogen) atoms. The van der Waals surface area contributed by atoms with Gasteiger partial charge in [-0.25, -0.2) is 4.98 Å². The van der Waals surface area contributed by atoms with Crippen molar-refractivity contribution >= 4 is 17.2 Å². The van der Waals surface area contributed by atoms with Gasteiger partial charge >= 0.3 is 0 Å². The fraction of sp³-hybridized carbons (Fsp3) is 0.474. The van der Waals surface area contributed by atoms with Crippen LogP contribution < -0.4 is 11.1 Å². The van der Waals surface area contributed by atoms with E-state index in [9.17, 15) is 4.79 Å². The average Bonchev–Trinajstić information content (AvgIpc) is 3.17. The van der Waals surface area contributed by atoms with Crippen LogP contribution in [0.15, 0.2) is 29.6 Å². The van der Waals surface area contributed by atoms with Crippen molar-refractivity contribution < 1.29 is 4.79 Å². The molecule has 0 aliphatic heterocycles. The second kappa shape index (κ2) is 7.90. The minimum Gasteiger partial charge on any atom is -0.356 e. The molecule has 1 heterocycles. The second-order valence-electron chi connectivity index (χ2n) is 6.61. The number of carbonyl (C=O) groups excluding carboxylic acids is 1. The maximum atomic E-state index is 12.0. The van der Waals surface area contributed by atoms with Crippen LogP contribution in [0.4, 0.5) is 0 Å². The number of nitrogens with zero attached hydrogens (tertiary/aromatic N) is 1. The summed E-state index contributed by atoms with van der Waals surface area (Å²) in [7, 11) is 0. The van der Waals surface area contributed by atoms with Gasteiger partial charge in [-0.2, -0.15) is 0 Å². The third-order valence-corrected chi connectivity index (χ3v) is 5.54. The van der Waals surface area contributed by atoms with Crippen LogP contribution in [-0.4, -0.2) is 23.5 Å². The maximum Gasteiger partial charge on any atom is 0.220 e. The Balaban J connectivity index is 1.44. The summed E-state index contributed by atoms with van der Waals surface area (Å²) >= 11 is 1.67. The largest absolute Gasteiger partial charge is 0.356 e. The first-order chi connectivity index (χ1) is 11.6. The lowest BCUT2D eigenvalue weighted by atomic mass is 10.00. The van der Waals surface area contributed by atoms with Crippen LogP contribution >= 0.6 is 11.3 Å². The molecule has 1 aromatic carbocycles. The number of hydrogen-bond acceptors (Lipinski definition) is 4. The first-order valence-electron chi connectivity index (χ1n) is 8.65. The summed E-state index contributed by atoms with van der Waals surface area (Å²) in [4.78, 5) is 16.5. The molecule has 4 nitrogen and oxygen atoms in total. The predicted molar refractivity (Wildman–Crippen MR) is 98.9 cm³/mol. The van der Waals surface area contributed by atoms with Crippen LogP contribution in [-0.2, 0) is 11.2 Å². The molecule has 2 aromatic rings. The standard InChI is InChI=1S/C19H25N3OS/c1-13-22-18(12-24-13)15-7-5-14(6-8-15)9-10-21-19(23)11-16-3-2-4-17(16)20/h5-8,12,16-17H,2-4,9-11,20H2,1H3,(H,21,23)/t16-,17+/m0/s1. The number of benzene rings is 1. The predicted octanol–water partition coefficient (Wildman–Crippen LogP) is 3.29. The quantitative estimate of drug-likeness (QED) is 0.845. The third kappa shape index (κ3) is 4.42. The van der Waals surface area contributed by atoms with Gasteiger partial charge in [0.25, 0.3) is 0 Å². The Morgan fingerprint density at radius 3 is 2.75 bits per heavy atom. The molecule has 0 radical (unpaired) electrons. The summed E-state index contributed by atoms with van der Waals surface area (Å²) in [5, 5.41) is 6.19. The average molecular weight is 343 g/mol. The topological polar surface area (TPSA) is 68.0 Å². The first kappa shape index (κ1) is 17.1. The molecule has 0 spiro atoms. The van der Waals surface area contributed by atoms with E-state index in [-0.39, 0.29) is 11.9 Å². The fourth-order valence-electron chi connectivity index (χ4n) is 3.31. The normalized spacial score (nSPS) is 20.2. The molecule has 1 fully saturated rings. The highest BCUT2D eigenvalue weighted by atomic mass is 32.1. The molecular weight excluding hydrogens is 318 g/mol. The van der Waals surface area contributed by atoms with Crippen molar-refractivity contribution in [1.29, 1.82) is 0 Å². The Morgan fingerprint density at radius 1 is 1.33 bits per heavy atom. The number of aryl methyl sites for hydroxylation is 1. The van der Waals surface area contributed by atoms with Gasteiger partial charge in [-0.3, -0.25) is 4.79 Å². The van der Waals surface area contributed by atoms with E-state index < -0.39 is 0 Å². The molecular formula is C19H25N3OS. The fourth-order valence-corrected chi connectivity index (χ4v) is 3.94. The lowest BCUT2D eigenvalue weighted by Crippen LogP contribution is -2.32. The van der Waals surface area contributed by atoms with Crippen molar-refractivity contribution in [3.05, 3.63) is 40.2 Å². The van der Waals surface area contributed by atoms with Gasteiger partial charge < -0.3 is 11.1 Å². The van der Waals surface area contributed by atoms with Crippen molar-refractivity contribution in [2.24, 2.45) is 11.7 Å².